The minimum Gasteiger partial charge on any atom is -0.508 e. The number of aromatic hydroxyl groups is 1. The Hall–Kier alpha value is -3.92. The highest BCUT2D eigenvalue weighted by atomic mass is 16.3. The van der Waals surface area contributed by atoms with Gasteiger partial charge in [0.2, 0.25) is 23.6 Å². The van der Waals surface area contributed by atoms with E-state index in [9.17, 15) is 29.4 Å². The summed E-state index contributed by atoms with van der Waals surface area (Å²) in [6.45, 7) is 0.328. The Balaban J connectivity index is 1.49. The van der Waals surface area contributed by atoms with Crippen molar-refractivity contribution in [2.24, 2.45) is 0 Å². The van der Waals surface area contributed by atoms with Crippen molar-refractivity contribution < 1.29 is 29.4 Å². The highest BCUT2D eigenvalue weighted by Crippen LogP contribution is 2.25. The summed E-state index contributed by atoms with van der Waals surface area (Å²) < 4.78 is 0. The Morgan fingerprint density at radius 3 is 2.00 bits per heavy atom. The molecule has 200 valence electrons. The predicted molar refractivity (Wildman–Crippen MR) is 137 cm³/mol. The van der Waals surface area contributed by atoms with Crippen LogP contribution in [0.3, 0.4) is 0 Å². The molecular formula is C28H32N4O6. The van der Waals surface area contributed by atoms with Crippen molar-refractivity contribution >= 4 is 23.6 Å². The zero-order chi connectivity index (χ0) is 26.8. The van der Waals surface area contributed by atoms with Gasteiger partial charge in [-0.05, 0) is 36.1 Å². The summed E-state index contributed by atoms with van der Waals surface area (Å²) in [5, 5.41) is 25.7. The summed E-state index contributed by atoms with van der Waals surface area (Å²) in [6.07, 6.45) is 0.584. The molecule has 38 heavy (non-hydrogen) atoms. The Kier molecular flexibility index (Phi) is 7.33. The van der Waals surface area contributed by atoms with E-state index in [1.165, 1.54) is 21.9 Å². The van der Waals surface area contributed by atoms with Gasteiger partial charge >= 0.3 is 0 Å². The lowest BCUT2D eigenvalue weighted by Crippen LogP contribution is -2.61. The number of phenolic OH excluding ortho intramolecular Hbond substituents is 1. The standard InChI is InChI=1S/C28H32N4O6/c33-19-10-8-18(9-11-19)14-22-28(38)32-16-20(34)15-24(32)26(36)30-21(13-17-5-2-1-3-6-17)27(37)31-12-4-7-23(31)25(35)29-22/h1-3,5-6,8-11,20-24,33-34H,4,7,12-16H2,(H,29,35)(H,30,36). The van der Waals surface area contributed by atoms with Crippen LogP contribution in [0.5, 0.6) is 5.75 Å². The Morgan fingerprint density at radius 1 is 0.763 bits per heavy atom. The van der Waals surface area contributed by atoms with E-state index in [0.29, 0.717) is 24.9 Å². The van der Waals surface area contributed by atoms with Gasteiger partial charge < -0.3 is 30.6 Å². The minimum atomic E-state index is -1.01. The van der Waals surface area contributed by atoms with Crippen molar-refractivity contribution in [3.63, 3.8) is 0 Å². The predicted octanol–water partition coefficient (Wildman–Crippen LogP) is 0.113. The number of nitrogens with zero attached hydrogens (tertiary/aromatic N) is 2. The number of rotatable bonds is 4. The molecule has 0 spiro atoms. The van der Waals surface area contributed by atoms with E-state index < -0.39 is 48.0 Å². The highest BCUT2D eigenvalue weighted by molar-refractivity contribution is 5.98. The number of benzene rings is 2. The summed E-state index contributed by atoms with van der Waals surface area (Å²) in [5.74, 6) is -1.66. The first-order valence-electron chi connectivity index (χ1n) is 13.0. The normalized spacial score (nSPS) is 28.2. The van der Waals surface area contributed by atoms with E-state index >= 15 is 0 Å². The molecule has 3 aliphatic rings. The molecule has 4 N–H and O–H groups in total. The van der Waals surface area contributed by atoms with Crippen molar-refractivity contribution in [3.8, 4) is 5.75 Å². The zero-order valence-electron chi connectivity index (χ0n) is 21.0. The number of hydrogen-bond donors (Lipinski definition) is 4. The second-order valence-corrected chi connectivity index (χ2v) is 10.3. The fraction of sp³-hybridized carbons (Fsp3) is 0.429. The molecule has 5 rings (SSSR count). The van der Waals surface area contributed by atoms with Gasteiger partial charge in [-0.1, -0.05) is 42.5 Å². The zero-order valence-corrected chi connectivity index (χ0v) is 21.0. The second kappa shape index (κ2) is 10.8. The van der Waals surface area contributed by atoms with E-state index in [4.69, 9.17) is 0 Å². The molecule has 10 nitrogen and oxygen atoms in total. The van der Waals surface area contributed by atoms with Gasteiger partial charge in [-0.3, -0.25) is 19.2 Å². The Morgan fingerprint density at radius 2 is 1.34 bits per heavy atom. The third-order valence-electron chi connectivity index (χ3n) is 7.59. The van der Waals surface area contributed by atoms with Crippen molar-refractivity contribution in [1.82, 2.24) is 20.4 Å². The third-order valence-corrected chi connectivity index (χ3v) is 7.59. The van der Waals surface area contributed by atoms with Crippen molar-refractivity contribution in [1.29, 1.82) is 0 Å². The van der Waals surface area contributed by atoms with E-state index in [0.717, 1.165) is 5.56 Å². The Bertz CT molecular complexity index is 1200. The summed E-state index contributed by atoms with van der Waals surface area (Å²) in [5.41, 5.74) is 1.56. The fourth-order valence-electron chi connectivity index (χ4n) is 5.66. The molecular weight excluding hydrogens is 488 g/mol. The van der Waals surface area contributed by atoms with Crippen LogP contribution in [0.2, 0.25) is 0 Å². The van der Waals surface area contributed by atoms with Crippen LogP contribution in [0, 0.1) is 0 Å². The molecule has 3 heterocycles. The van der Waals surface area contributed by atoms with Gasteiger partial charge in [-0.2, -0.15) is 0 Å². The molecule has 0 aromatic heterocycles. The number of aliphatic hydroxyl groups is 1. The topological polar surface area (TPSA) is 139 Å². The molecule has 3 aliphatic heterocycles. The summed E-state index contributed by atoms with van der Waals surface area (Å²) in [4.78, 5) is 57.3. The van der Waals surface area contributed by atoms with Crippen molar-refractivity contribution in [2.45, 2.75) is 62.4 Å². The fourth-order valence-corrected chi connectivity index (χ4v) is 5.66. The van der Waals surface area contributed by atoms with E-state index in [-0.39, 0.29) is 37.5 Å². The number of hydrogen-bond acceptors (Lipinski definition) is 6. The number of carbonyl (C=O) groups is 4. The average Bonchev–Trinajstić information content (AvgIpc) is 3.55. The van der Waals surface area contributed by atoms with Crippen molar-refractivity contribution in [2.75, 3.05) is 13.1 Å². The minimum absolute atomic E-state index is 0.0377. The van der Waals surface area contributed by atoms with Crippen molar-refractivity contribution in [3.05, 3.63) is 65.7 Å². The molecule has 0 bridgehead atoms. The van der Waals surface area contributed by atoms with Gasteiger partial charge in [0, 0.05) is 32.4 Å². The van der Waals surface area contributed by atoms with Gasteiger partial charge in [0.25, 0.3) is 0 Å². The largest absolute Gasteiger partial charge is 0.508 e. The Labute approximate surface area is 220 Å². The molecule has 0 radical (unpaired) electrons. The monoisotopic (exact) mass is 520 g/mol. The average molecular weight is 521 g/mol. The van der Waals surface area contributed by atoms with Crippen LogP contribution in [0.15, 0.2) is 54.6 Å². The van der Waals surface area contributed by atoms with Crippen LogP contribution in [-0.2, 0) is 32.0 Å². The van der Waals surface area contributed by atoms with Gasteiger partial charge in [-0.15, -0.1) is 0 Å². The summed E-state index contributed by atoms with van der Waals surface area (Å²) >= 11 is 0. The van der Waals surface area contributed by atoms with E-state index in [2.05, 4.69) is 10.6 Å². The van der Waals surface area contributed by atoms with Crippen LogP contribution in [0.1, 0.15) is 30.4 Å². The maximum atomic E-state index is 13.8. The van der Waals surface area contributed by atoms with Gasteiger partial charge in [0.1, 0.15) is 29.9 Å². The quantitative estimate of drug-likeness (QED) is 0.452. The summed E-state index contributed by atoms with van der Waals surface area (Å²) in [7, 11) is 0. The molecule has 10 heteroatoms. The van der Waals surface area contributed by atoms with Crippen LogP contribution in [0.25, 0.3) is 0 Å². The first-order valence-corrected chi connectivity index (χ1v) is 13.0. The van der Waals surface area contributed by atoms with Crippen LogP contribution in [0.4, 0.5) is 0 Å². The number of phenols is 1. The van der Waals surface area contributed by atoms with E-state index in [1.807, 2.05) is 30.3 Å². The lowest BCUT2D eigenvalue weighted by Gasteiger charge is -2.34. The lowest BCUT2D eigenvalue weighted by molar-refractivity contribution is -0.147. The van der Waals surface area contributed by atoms with Crippen LogP contribution < -0.4 is 10.6 Å². The highest BCUT2D eigenvalue weighted by Gasteiger charge is 2.45. The van der Waals surface area contributed by atoms with Crippen LogP contribution in [-0.4, -0.2) is 87.0 Å². The maximum Gasteiger partial charge on any atom is 0.246 e. The number of nitrogens with one attached hydrogen (secondary N) is 2. The molecule has 3 saturated heterocycles. The number of carbonyl (C=O) groups excluding carboxylic acids is 4. The molecule has 4 amide bonds. The molecule has 2 aromatic rings. The SMILES string of the molecule is O=C1NC(Cc2ccc(O)cc2)C(=O)N2CC(O)CC2C(=O)NC(Cc2ccccc2)C(=O)N2CCCC12. The third kappa shape index (κ3) is 5.35. The van der Waals surface area contributed by atoms with Gasteiger partial charge in [0.05, 0.1) is 6.10 Å². The lowest BCUT2D eigenvalue weighted by atomic mass is 10.0. The maximum absolute atomic E-state index is 13.8. The van der Waals surface area contributed by atoms with E-state index in [1.54, 1.807) is 12.1 Å². The van der Waals surface area contributed by atoms with Gasteiger partial charge in [-0.25, -0.2) is 0 Å². The first kappa shape index (κ1) is 25.7. The van der Waals surface area contributed by atoms with Crippen LogP contribution >= 0.6 is 0 Å². The molecule has 5 atom stereocenters. The van der Waals surface area contributed by atoms with Gasteiger partial charge in [0.15, 0.2) is 0 Å². The first-order chi connectivity index (χ1) is 18.3. The smallest absolute Gasteiger partial charge is 0.246 e. The molecule has 5 unspecified atom stereocenters. The molecule has 0 saturated carbocycles. The number of amides is 4. The summed E-state index contributed by atoms with van der Waals surface area (Å²) in [6, 6.07) is 12.0. The second-order valence-electron chi connectivity index (χ2n) is 10.3. The molecule has 0 aliphatic carbocycles. The number of fused-ring (bicyclic) bond motifs is 2. The molecule has 3 fully saturated rings. The molecule has 2 aromatic carbocycles. The number of aliphatic hydroxyl groups excluding tert-OH is 1.